The van der Waals surface area contributed by atoms with Gasteiger partial charge in [-0.3, -0.25) is 10.3 Å². The van der Waals surface area contributed by atoms with Gasteiger partial charge in [0.25, 0.3) is 0 Å². The Balaban J connectivity index is 0.000000510. The molecular weight excluding hydrogens is 326 g/mol. The quantitative estimate of drug-likeness (QED) is 0.662. The normalized spacial score (nSPS) is 15.1. The molecule has 0 atom stereocenters. The molecule has 2 heterocycles. The topological polar surface area (TPSA) is 75.1 Å². The third kappa shape index (κ3) is 3.99. The fraction of sp³-hybridized carbons (Fsp3) is 0.286. The van der Waals surface area contributed by atoms with Crippen molar-refractivity contribution in [3.8, 4) is 11.1 Å². The molecule has 2 fully saturated rings. The lowest BCUT2D eigenvalue weighted by atomic mass is 9.97. The second kappa shape index (κ2) is 7.12. The fourth-order valence-corrected chi connectivity index (χ4v) is 2.88. The highest BCUT2D eigenvalue weighted by molar-refractivity contribution is 5.91. The van der Waals surface area contributed by atoms with Gasteiger partial charge in [-0.25, -0.2) is 9.78 Å². The zero-order valence-corrected chi connectivity index (χ0v) is 14.5. The van der Waals surface area contributed by atoms with Crippen LogP contribution in [0, 0.1) is 0 Å². The van der Waals surface area contributed by atoms with Crippen molar-refractivity contribution in [2.24, 2.45) is 0 Å². The SMILES string of the molecule is C1CC1.O=C(O)Nc1cc2ccc(-c3cnccc3C3CC3)cc2cn1. The first-order valence-electron chi connectivity index (χ1n) is 9.05. The Bertz CT molecular complexity index is 946. The maximum atomic E-state index is 10.7. The Hall–Kier alpha value is -2.95. The minimum absolute atomic E-state index is 0.331. The van der Waals surface area contributed by atoms with E-state index in [4.69, 9.17) is 5.11 Å². The van der Waals surface area contributed by atoms with Crippen LogP contribution in [0.3, 0.4) is 0 Å². The van der Waals surface area contributed by atoms with Crippen molar-refractivity contribution in [2.75, 3.05) is 5.32 Å². The molecule has 0 bridgehead atoms. The van der Waals surface area contributed by atoms with Crippen LogP contribution >= 0.6 is 0 Å². The number of aromatic nitrogens is 2. The number of amides is 1. The van der Waals surface area contributed by atoms with Crippen molar-refractivity contribution < 1.29 is 9.90 Å². The molecule has 2 saturated carbocycles. The van der Waals surface area contributed by atoms with Crippen molar-refractivity contribution in [1.29, 1.82) is 0 Å². The maximum Gasteiger partial charge on any atom is 0.410 e. The van der Waals surface area contributed by atoms with E-state index in [0.29, 0.717) is 11.7 Å². The molecule has 5 rings (SSSR count). The number of hydrogen-bond donors (Lipinski definition) is 2. The Morgan fingerprint density at radius 1 is 1.04 bits per heavy atom. The van der Waals surface area contributed by atoms with E-state index in [2.05, 4.69) is 33.5 Å². The summed E-state index contributed by atoms with van der Waals surface area (Å²) in [6.07, 6.45) is 11.3. The predicted molar refractivity (Wildman–Crippen MR) is 102 cm³/mol. The second-order valence-electron chi connectivity index (χ2n) is 6.86. The number of carboxylic acid groups (broad SMARTS) is 1. The van der Waals surface area contributed by atoms with Gasteiger partial charge in [0, 0.05) is 29.5 Å². The number of carbonyl (C=O) groups is 1. The van der Waals surface area contributed by atoms with Crippen LogP contribution in [-0.4, -0.2) is 21.2 Å². The third-order valence-electron chi connectivity index (χ3n) is 4.49. The summed E-state index contributed by atoms with van der Waals surface area (Å²) >= 11 is 0. The number of rotatable bonds is 3. The van der Waals surface area contributed by atoms with Gasteiger partial charge in [0.2, 0.25) is 0 Å². The monoisotopic (exact) mass is 347 g/mol. The van der Waals surface area contributed by atoms with Gasteiger partial charge in [0.1, 0.15) is 5.82 Å². The van der Waals surface area contributed by atoms with Gasteiger partial charge >= 0.3 is 6.09 Å². The molecule has 2 aromatic heterocycles. The van der Waals surface area contributed by atoms with Crippen LogP contribution in [0.1, 0.15) is 43.6 Å². The average Bonchev–Trinajstić information content (AvgIpc) is 3.52. The molecule has 0 unspecified atom stereocenters. The zero-order valence-electron chi connectivity index (χ0n) is 14.5. The minimum Gasteiger partial charge on any atom is -0.465 e. The number of benzene rings is 1. The lowest BCUT2D eigenvalue weighted by Crippen LogP contribution is -2.08. The first-order valence-corrected chi connectivity index (χ1v) is 9.05. The van der Waals surface area contributed by atoms with Crippen LogP contribution in [-0.2, 0) is 0 Å². The summed E-state index contributed by atoms with van der Waals surface area (Å²) in [6, 6.07) is 9.96. The first kappa shape index (κ1) is 16.5. The molecule has 1 amide bonds. The highest BCUT2D eigenvalue weighted by Crippen LogP contribution is 2.44. The van der Waals surface area contributed by atoms with E-state index in [0.717, 1.165) is 16.3 Å². The third-order valence-corrected chi connectivity index (χ3v) is 4.49. The van der Waals surface area contributed by atoms with Crippen molar-refractivity contribution in [2.45, 2.75) is 38.0 Å². The second-order valence-corrected chi connectivity index (χ2v) is 6.86. The van der Waals surface area contributed by atoms with Crippen molar-refractivity contribution in [3.63, 3.8) is 0 Å². The molecule has 0 saturated heterocycles. The molecule has 1 aromatic carbocycles. The van der Waals surface area contributed by atoms with Gasteiger partial charge in [0.05, 0.1) is 0 Å². The molecule has 5 heteroatoms. The van der Waals surface area contributed by atoms with Crippen molar-refractivity contribution in [3.05, 3.63) is 54.5 Å². The molecule has 26 heavy (non-hydrogen) atoms. The average molecular weight is 347 g/mol. The van der Waals surface area contributed by atoms with Crippen LogP contribution < -0.4 is 5.32 Å². The fourth-order valence-electron chi connectivity index (χ4n) is 2.88. The molecular formula is C21H21N3O2. The standard InChI is InChI=1S/C18H15N3O2.C3H6/c22-18(23)21-17-8-12-3-4-13(7-14(12)9-20-17)16-10-19-6-5-15(16)11-1-2-11;1-2-3-1/h3-11H,1-2H2,(H,20,21)(H,22,23);1-3H2. The summed E-state index contributed by atoms with van der Waals surface area (Å²) in [4.78, 5) is 19.1. The molecule has 5 nitrogen and oxygen atoms in total. The number of anilines is 1. The van der Waals surface area contributed by atoms with E-state index in [1.165, 1.54) is 43.2 Å². The van der Waals surface area contributed by atoms with E-state index in [-0.39, 0.29) is 0 Å². The summed E-state index contributed by atoms with van der Waals surface area (Å²) in [7, 11) is 0. The molecule has 0 radical (unpaired) electrons. The predicted octanol–water partition coefficient (Wildman–Crippen LogP) is 5.43. The maximum absolute atomic E-state index is 10.7. The minimum atomic E-state index is -1.11. The van der Waals surface area contributed by atoms with Crippen LogP contribution in [0.15, 0.2) is 48.9 Å². The molecule has 2 aliphatic carbocycles. The summed E-state index contributed by atoms with van der Waals surface area (Å²) in [6.45, 7) is 0. The Kier molecular flexibility index (Phi) is 4.52. The smallest absolute Gasteiger partial charge is 0.410 e. The summed E-state index contributed by atoms with van der Waals surface area (Å²) in [5.74, 6) is 0.988. The summed E-state index contributed by atoms with van der Waals surface area (Å²) in [5, 5.41) is 13.0. The number of nitrogens with one attached hydrogen (secondary N) is 1. The van der Waals surface area contributed by atoms with E-state index in [1.807, 2.05) is 18.5 Å². The van der Waals surface area contributed by atoms with Gasteiger partial charge in [-0.1, -0.05) is 31.4 Å². The summed E-state index contributed by atoms with van der Waals surface area (Å²) < 4.78 is 0. The summed E-state index contributed by atoms with van der Waals surface area (Å²) in [5.41, 5.74) is 3.65. The number of pyridine rings is 2. The van der Waals surface area contributed by atoms with Crippen molar-refractivity contribution in [1.82, 2.24) is 9.97 Å². The Morgan fingerprint density at radius 2 is 1.85 bits per heavy atom. The number of fused-ring (bicyclic) bond motifs is 1. The van der Waals surface area contributed by atoms with Crippen molar-refractivity contribution >= 4 is 22.7 Å². The lowest BCUT2D eigenvalue weighted by molar-refractivity contribution is 0.209. The van der Waals surface area contributed by atoms with Gasteiger partial charge in [-0.15, -0.1) is 0 Å². The van der Waals surface area contributed by atoms with Gasteiger partial charge in [0.15, 0.2) is 0 Å². The molecule has 132 valence electrons. The molecule has 0 spiro atoms. The van der Waals surface area contributed by atoms with E-state index in [1.54, 1.807) is 12.3 Å². The highest BCUT2D eigenvalue weighted by atomic mass is 16.4. The lowest BCUT2D eigenvalue weighted by Gasteiger charge is -2.09. The Labute approximate surface area is 152 Å². The van der Waals surface area contributed by atoms with Crippen LogP contribution in [0.2, 0.25) is 0 Å². The van der Waals surface area contributed by atoms with Gasteiger partial charge < -0.3 is 5.11 Å². The Morgan fingerprint density at radius 3 is 2.54 bits per heavy atom. The van der Waals surface area contributed by atoms with Crippen LogP contribution in [0.25, 0.3) is 21.9 Å². The van der Waals surface area contributed by atoms with Crippen LogP contribution in [0.4, 0.5) is 10.6 Å². The first-order chi connectivity index (χ1) is 12.7. The zero-order chi connectivity index (χ0) is 17.9. The van der Waals surface area contributed by atoms with E-state index < -0.39 is 6.09 Å². The number of nitrogens with zero attached hydrogens (tertiary/aromatic N) is 2. The van der Waals surface area contributed by atoms with E-state index >= 15 is 0 Å². The van der Waals surface area contributed by atoms with Gasteiger partial charge in [-0.05, 0) is 53.5 Å². The van der Waals surface area contributed by atoms with E-state index in [9.17, 15) is 4.79 Å². The molecule has 2 N–H and O–H groups in total. The van der Waals surface area contributed by atoms with Crippen LogP contribution in [0.5, 0.6) is 0 Å². The molecule has 3 aromatic rings. The molecule has 2 aliphatic rings. The largest absolute Gasteiger partial charge is 0.465 e. The number of hydrogen-bond acceptors (Lipinski definition) is 3. The highest BCUT2D eigenvalue weighted by Gasteiger charge is 2.26. The van der Waals surface area contributed by atoms with Gasteiger partial charge in [-0.2, -0.15) is 0 Å². The molecule has 0 aliphatic heterocycles.